The molecule has 104 valence electrons. The second-order valence-electron chi connectivity index (χ2n) is 4.29. The first-order chi connectivity index (χ1) is 10.2. The molecule has 3 aromatic rings. The van der Waals surface area contributed by atoms with E-state index in [2.05, 4.69) is 10.1 Å². The van der Waals surface area contributed by atoms with Gasteiger partial charge in [-0.25, -0.2) is 9.31 Å². The molecule has 0 saturated heterocycles. The number of aromatic amines is 1. The average Bonchev–Trinajstić information content (AvgIpc) is 2.86. The highest BCUT2D eigenvalue weighted by atomic mass is 16.5. The number of nitriles is 1. The van der Waals surface area contributed by atoms with Gasteiger partial charge < -0.3 is 9.72 Å². The molecule has 7 heteroatoms. The molecule has 0 spiro atoms. The second-order valence-corrected chi connectivity index (χ2v) is 4.29. The van der Waals surface area contributed by atoms with Crippen molar-refractivity contribution in [3.63, 3.8) is 0 Å². The molecule has 0 aliphatic rings. The summed E-state index contributed by atoms with van der Waals surface area (Å²) in [6, 6.07) is 8.71. The number of hydrogen-bond donors (Lipinski definition) is 1. The monoisotopic (exact) mass is 282 g/mol. The minimum absolute atomic E-state index is 0.00342. The van der Waals surface area contributed by atoms with Crippen molar-refractivity contribution in [1.82, 2.24) is 14.6 Å². The van der Waals surface area contributed by atoms with Crippen molar-refractivity contribution in [2.24, 2.45) is 0 Å². The Labute approximate surface area is 118 Å². The third kappa shape index (κ3) is 1.85. The minimum atomic E-state index is -0.692. The van der Waals surface area contributed by atoms with Gasteiger partial charge in [-0.15, -0.1) is 0 Å². The third-order valence-corrected chi connectivity index (χ3v) is 3.07. The van der Waals surface area contributed by atoms with E-state index < -0.39 is 5.97 Å². The van der Waals surface area contributed by atoms with Crippen LogP contribution in [0.5, 0.6) is 0 Å². The van der Waals surface area contributed by atoms with E-state index in [0.29, 0.717) is 10.9 Å². The first kappa shape index (κ1) is 12.9. The molecule has 3 rings (SSSR count). The first-order valence-electron chi connectivity index (χ1n) is 6.28. The molecule has 0 aliphatic heterocycles. The van der Waals surface area contributed by atoms with Crippen LogP contribution in [0.25, 0.3) is 16.6 Å². The quantitative estimate of drug-likeness (QED) is 0.712. The van der Waals surface area contributed by atoms with Crippen LogP contribution in [-0.4, -0.2) is 27.2 Å². The lowest BCUT2D eigenvalue weighted by molar-refractivity contribution is 0.0519. The number of ether oxygens (including phenoxy) is 1. The van der Waals surface area contributed by atoms with E-state index in [9.17, 15) is 14.9 Å². The van der Waals surface area contributed by atoms with Crippen molar-refractivity contribution >= 4 is 22.5 Å². The molecule has 0 radical (unpaired) electrons. The number of hydrogen-bond acceptors (Lipinski definition) is 5. The van der Waals surface area contributed by atoms with Gasteiger partial charge in [0.15, 0.2) is 11.3 Å². The van der Waals surface area contributed by atoms with Crippen molar-refractivity contribution in [2.75, 3.05) is 6.61 Å². The highest BCUT2D eigenvalue weighted by Gasteiger charge is 2.22. The van der Waals surface area contributed by atoms with Crippen molar-refractivity contribution < 1.29 is 9.53 Å². The van der Waals surface area contributed by atoms with Gasteiger partial charge in [-0.2, -0.15) is 10.4 Å². The zero-order valence-corrected chi connectivity index (χ0v) is 11.1. The maximum Gasteiger partial charge on any atom is 0.360 e. The Hall–Kier alpha value is -3.14. The summed E-state index contributed by atoms with van der Waals surface area (Å²) in [4.78, 5) is 26.5. The number of para-hydroxylation sites is 1. The number of carbonyl (C=O) groups excluding carboxylic acids is 1. The van der Waals surface area contributed by atoms with E-state index in [0.717, 1.165) is 0 Å². The summed E-state index contributed by atoms with van der Waals surface area (Å²) in [6.45, 7) is 1.84. The van der Waals surface area contributed by atoms with Crippen LogP contribution in [-0.2, 0) is 4.74 Å². The fraction of sp³-hybridized carbons (Fsp3) is 0.143. The number of rotatable bonds is 2. The molecule has 0 amide bonds. The van der Waals surface area contributed by atoms with Gasteiger partial charge in [0.05, 0.1) is 17.5 Å². The Kier molecular flexibility index (Phi) is 2.92. The van der Waals surface area contributed by atoms with E-state index >= 15 is 0 Å². The van der Waals surface area contributed by atoms with Gasteiger partial charge in [-0.05, 0) is 19.1 Å². The molecule has 2 aromatic heterocycles. The summed E-state index contributed by atoms with van der Waals surface area (Å²) in [5, 5.41) is 13.8. The second kappa shape index (κ2) is 4.76. The van der Waals surface area contributed by atoms with Crippen molar-refractivity contribution in [1.29, 1.82) is 5.26 Å². The van der Waals surface area contributed by atoms with Crippen LogP contribution in [0.3, 0.4) is 0 Å². The molecule has 0 aliphatic carbocycles. The molecule has 0 saturated carbocycles. The third-order valence-electron chi connectivity index (χ3n) is 3.07. The zero-order chi connectivity index (χ0) is 15.0. The van der Waals surface area contributed by atoms with E-state index in [-0.39, 0.29) is 29.1 Å². The normalized spacial score (nSPS) is 10.7. The maximum absolute atomic E-state index is 12.0. The predicted octanol–water partition coefficient (Wildman–Crippen LogP) is 1.22. The zero-order valence-electron chi connectivity index (χ0n) is 11.1. The predicted molar refractivity (Wildman–Crippen MR) is 74.0 cm³/mol. The van der Waals surface area contributed by atoms with Gasteiger partial charge in [-0.1, -0.05) is 12.1 Å². The van der Waals surface area contributed by atoms with E-state index in [1.165, 1.54) is 4.52 Å². The molecule has 2 heterocycles. The number of H-pyrrole nitrogens is 1. The molecule has 0 fully saturated rings. The number of nitrogens with zero attached hydrogens (tertiary/aromatic N) is 3. The fourth-order valence-electron chi connectivity index (χ4n) is 2.18. The molecule has 0 atom stereocenters. The first-order valence-corrected chi connectivity index (χ1v) is 6.28. The van der Waals surface area contributed by atoms with Crippen LogP contribution in [0.1, 0.15) is 23.0 Å². The number of carbonyl (C=O) groups is 1. The standard InChI is InChI=1S/C14H10N4O3/c1-2-21-14(20)11-9(7-15)12-16-13(19)8-5-3-4-6-10(8)18(12)17-11/h3-6H,2H2,1H3,(H,16,19). The summed E-state index contributed by atoms with van der Waals surface area (Å²) in [5.74, 6) is -0.692. The van der Waals surface area contributed by atoms with Gasteiger partial charge in [0, 0.05) is 0 Å². The smallest absolute Gasteiger partial charge is 0.360 e. The molecule has 21 heavy (non-hydrogen) atoms. The van der Waals surface area contributed by atoms with Gasteiger partial charge in [0.1, 0.15) is 11.6 Å². The lowest BCUT2D eigenvalue weighted by atomic mass is 10.2. The molecule has 0 bridgehead atoms. The number of benzene rings is 1. The lowest BCUT2D eigenvalue weighted by Crippen LogP contribution is -2.10. The maximum atomic E-state index is 12.0. The fourth-order valence-corrected chi connectivity index (χ4v) is 2.18. The molecule has 0 unspecified atom stereocenters. The van der Waals surface area contributed by atoms with Gasteiger partial charge in [0.2, 0.25) is 0 Å². The van der Waals surface area contributed by atoms with Crippen LogP contribution in [0.4, 0.5) is 0 Å². The highest BCUT2D eigenvalue weighted by Crippen LogP contribution is 2.17. The van der Waals surface area contributed by atoms with Crippen molar-refractivity contribution in [2.45, 2.75) is 6.92 Å². The summed E-state index contributed by atoms with van der Waals surface area (Å²) in [7, 11) is 0. The number of esters is 1. The molecule has 1 N–H and O–H groups in total. The Morgan fingerprint density at radius 1 is 1.48 bits per heavy atom. The largest absolute Gasteiger partial charge is 0.461 e. The molecule has 7 nitrogen and oxygen atoms in total. The van der Waals surface area contributed by atoms with Crippen molar-refractivity contribution in [3.8, 4) is 6.07 Å². The van der Waals surface area contributed by atoms with Crippen LogP contribution >= 0.6 is 0 Å². The topological polar surface area (TPSA) is 100 Å². The lowest BCUT2D eigenvalue weighted by Gasteiger charge is -1.99. The van der Waals surface area contributed by atoms with Gasteiger partial charge >= 0.3 is 5.97 Å². The Bertz CT molecular complexity index is 962. The Balaban J connectivity index is 2.44. The van der Waals surface area contributed by atoms with Crippen LogP contribution in [0.15, 0.2) is 29.1 Å². The summed E-state index contributed by atoms with van der Waals surface area (Å²) in [6.07, 6.45) is 0. The summed E-state index contributed by atoms with van der Waals surface area (Å²) in [5.41, 5.74) is 0.250. The SMILES string of the molecule is CCOC(=O)c1nn2c([nH]c(=O)c3ccccc32)c1C#N. The van der Waals surface area contributed by atoms with Crippen molar-refractivity contribution in [3.05, 3.63) is 45.9 Å². The van der Waals surface area contributed by atoms with Crippen LogP contribution in [0, 0.1) is 11.3 Å². The van der Waals surface area contributed by atoms with Crippen LogP contribution in [0.2, 0.25) is 0 Å². The Morgan fingerprint density at radius 3 is 2.95 bits per heavy atom. The number of aromatic nitrogens is 3. The van der Waals surface area contributed by atoms with E-state index in [4.69, 9.17) is 4.74 Å². The highest BCUT2D eigenvalue weighted by molar-refractivity contribution is 5.93. The van der Waals surface area contributed by atoms with Gasteiger partial charge in [-0.3, -0.25) is 4.79 Å². The molecule has 1 aromatic carbocycles. The molecular weight excluding hydrogens is 272 g/mol. The van der Waals surface area contributed by atoms with Gasteiger partial charge in [0.25, 0.3) is 5.56 Å². The Morgan fingerprint density at radius 2 is 2.24 bits per heavy atom. The van der Waals surface area contributed by atoms with E-state index in [1.807, 2.05) is 6.07 Å². The number of nitrogens with one attached hydrogen (secondary N) is 1. The van der Waals surface area contributed by atoms with E-state index in [1.54, 1.807) is 31.2 Å². The average molecular weight is 282 g/mol. The summed E-state index contributed by atoms with van der Waals surface area (Å²) >= 11 is 0. The number of fused-ring (bicyclic) bond motifs is 3. The summed E-state index contributed by atoms with van der Waals surface area (Å²) < 4.78 is 6.26. The minimum Gasteiger partial charge on any atom is -0.461 e. The molecular formula is C14H10N4O3. The van der Waals surface area contributed by atoms with Crippen LogP contribution < -0.4 is 5.56 Å².